The van der Waals surface area contributed by atoms with Gasteiger partial charge in [0.25, 0.3) is 0 Å². The van der Waals surface area contributed by atoms with Crippen molar-refractivity contribution in [2.24, 2.45) is 5.14 Å². The molecule has 0 fully saturated rings. The van der Waals surface area contributed by atoms with Crippen LogP contribution >= 0.6 is 24.8 Å². The Hall–Kier alpha value is -2.74. The number of primary sulfonamides is 1. The number of ketones is 1. The van der Waals surface area contributed by atoms with E-state index in [-0.39, 0.29) is 16.4 Å². The second kappa shape index (κ2) is 11.0. The number of hydrazine groups is 1. The molecule has 31 heavy (non-hydrogen) atoms. The van der Waals surface area contributed by atoms with Gasteiger partial charge >= 0.3 is 0 Å². The highest BCUT2D eigenvalue weighted by Gasteiger charge is 2.15. The van der Waals surface area contributed by atoms with Gasteiger partial charge in [-0.15, -0.1) is 0 Å². The van der Waals surface area contributed by atoms with Crippen LogP contribution in [-0.2, 0) is 19.6 Å². The fourth-order valence-electron chi connectivity index (χ4n) is 2.35. The van der Waals surface area contributed by atoms with E-state index in [0.717, 1.165) is 0 Å². The van der Waals surface area contributed by atoms with Crippen LogP contribution in [0.3, 0.4) is 0 Å². The molecule has 2 aromatic rings. The minimum absolute atomic E-state index is 0.0167. The zero-order chi connectivity index (χ0) is 23.0. The smallest absolute Gasteiger partial charge is 0.245 e. The lowest BCUT2D eigenvalue weighted by Crippen LogP contribution is -2.44. The molecule has 0 aliphatic rings. The molecule has 1 unspecified atom stereocenters. The molecule has 13 heteroatoms. The molecule has 0 saturated heterocycles. The number of Topliss-reactive ketones (excluding diaryl/α,β-unsaturated/α-hetero) is 1. The number of hydrogen-bond acceptors (Lipinski definition) is 7. The zero-order valence-electron chi connectivity index (χ0n) is 16.0. The molecule has 166 valence electrons. The molecule has 0 bridgehead atoms. The van der Waals surface area contributed by atoms with Crippen molar-refractivity contribution >= 4 is 63.0 Å². The standard InChI is InChI=1S/C18H20FN5O4S3/c19-11-2-1-3-13(8-11)22-18(30)24-23-16(26)9-14(25)10-17(29)21-12-4-6-15(7-5-12)31(20,27)28/h1-8,17,21,29H,9-10H2,(H,23,26)(H2,20,27,28)(H2,22,24,30). The van der Waals surface area contributed by atoms with Gasteiger partial charge in [-0.2, -0.15) is 12.6 Å². The monoisotopic (exact) mass is 485 g/mol. The van der Waals surface area contributed by atoms with Crippen LogP contribution in [0.1, 0.15) is 12.8 Å². The van der Waals surface area contributed by atoms with E-state index in [0.29, 0.717) is 11.4 Å². The van der Waals surface area contributed by atoms with E-state index in [9.17, 15) is 22.4 Å². The average molecular weight is 486 g/mol. The Morgan fingerprint density at radius 2 is 1.77 bits per heavy atom. The number of nitrogens with one attached hydrogen (secondary N) is 4. The maximum Gasteiger partial charge on any atom is 0.245 e. The number of nitrogens with two attached hydrogens (primary N) is 1. The van der Waals surface area contributed by atoms with Crippen LogP contribution < -0.4 is 26.6 Å². The fraction of sp³-hybridized carbons (Fsp3) is 0.167. The Labute approximate surface area is 189 Å². The van der Waals surface area contributed by atoms with Crippen molar-refractivity contribution in [3.05, 3.63) is 54.3 Å². The quantitative estimate of drug-likeness (QED) is 0.109. The molecule has 9 nitrogen and oxygen atoms in total. The van der Waals surface area contributed by atoms with Crippen molar-refractivity contribution in [3.8, 4) is 0 Å². The summed E-state index contributed by atoms with van der Waals surface area (Å²) in [5.74, 6) is -1.46. The molecule has 0 aliphatic carbocycles. The van der Waals surface area contributed by atoms with E-state index in [2.05, 4.69) is 34.1 Å². The summed E-state index contributed by atoms with van der Waals surface area (Å²) in [6.45, 7) is 0. The van der Waals surface area contributed by atoms with E-state index in [1.807, 2.05) is 0 Å². The average Bonchev–Trinajstić information content (AvgIpc) is 2.66. The first kappa shape index (κ1) is 24.5. The number of halogens is 1. The van der Waals surface area contributed by atoms with Gasteiger partial charge in [-0.1, -0.05) is 6.07 Å². The van der Waals surface area contributed by atoms with Gasteiger partial charge in [-0.25, -0.2) is 17.9 Å². The lowest BCUT2D eigenvalue weighted by Gasteiger charge is -2.14. The Balaban J connectivity index is 1.73. The summed E-state index contributed by atoms with van der Waals surface area (Å²) in [5, 5.41) is 10.0. The summed E-state index contributed by atoms with van der Waals surface area (Å²) in [6, 6.07) is 11.2. The number of hydrogen-bond donors (Lipinski definition) is 6. The third-order valence-corrected chi connectivity index (χ3v) is 5.14. The normalized spacial score (nSPS) is 11.8. The van der Waals surface area contributed by atoms with E-state index in [1.54, 1.807) is 6.07 Å². The van der Waals surface area contributed by atoms with Crippen LogP contribution in [0.5, 0.6) is 0 Å². The van der Waals surface area contributed by atoms with E-state index >= 15 is 0 Å². The largest absolute Gasteiger partial charge is 0.373 e. The fourth-order valence-corrected chi connectivity index (χ4v) is 3.39. The predicted molar refractivity (Wildman–Crippen MR) is 122 cm³/mol. The molecule has 1 amide bonds. The minimum Gasteiger partial charge on any atom is -0.373 e. The number of thiocarbonyl (C=S) groups is 1. The van der Waals surface area contributed by atoms with Crippen molar-refractivity contribution in [2.75, 3.05) is 10.6 Å². The number of benzene rings is 2. The van der Waals surface area contributed by atoms with Crippen LogP contribution in [0, 0.1) is 5.82 Å². The second-order valence-corrected chi connectivity index (χ2v) is 8.88. The molecule has 1 atom stereocenters. The maximum absolute atomic E-state index is 13.1. The SMILES string of the molecule is NS(=O)(=O)c1ccc(NC(S)CC(=O)CC(=O)NNC(=S)Nc2cccc(F)c2)cc1. The molecule has 2 aromatic carbocycles. The van der Waals surface area contributed by atoms with Gasteiger partial charge in [0, 0.05) is 17.8 Å². The molecule has 0 saturated carbocycles. The van der Waals surface area contributed by atoms with Crippen LogP contribution in [0.2, 0.25) is 0 Å². The van der Waals surface area contributed by atoms with Gasteiger partial charge < -0.3 is 10.6 Å². The molecule has 0 aromatic heterocycles. The zero-order valence-corrected chi connectivity index (χ0v) is 18.5. The summed E-state index contributed by atoms with van der Waals surface area (Å²) in [4.78, 5) is 23.9. The van der Waals surface area contributed by atoms with Crippen molar-refractivity contribution in [2.45, 2.75) is 23.1 Å². The van der Waals surface area contributed by atoms with Gasteiger partial charge in [0.2, 0.25) is 15.9 Å². The summed E-state index contributed by atoms with van der Waals surface area (Å²) < 4.78 is 35.6. The van der Waals surface area contributed by atoms with Crippen LogP contribution in [0.25, 0.3) is 0 Å². The Bertz CT molecular complexity index is 1060. The highest BCUT2D eigenvalue weighted by Crippen LogP contribution is 2.16. The number of thiol groups is 1. The van der Waals surface area contributed by atoms with Gasteiger partial charge in [-0.05, 0) is 54.7 Å². The topological polar surface area (TPSA) is 142 Å². The van der Waals surface area contributed by atoms with Crippen molar-refractivity contribution in [1.82, 2.24) is 10.9 Å². The third kappa shape index (κ3) is 8.88. The molecule has 0 radical (unpaired) electrons. The Morgan fingerprint density at radius 3 is 2.39 bits per heavy atom. The summed E-state index contributed by atoms with van der Waals surface area (Å²) in [6.07, 6.45) is -0.488. The lowest BCUT2D eigenvalue weighted by molar-refractivity contribution is -0.128. The van der Waals surface area contributed by atoms with Crippen LogP contribution in [-0.4, -0.2) is 30.6 Å². The summed E-state index contributed by atoms with van der Waals surface area (Å²) >= 11 is 9.23. The number of carbonyl (C=O) groups is 2. The molecule has 2 rings (SSSR count). The third-order valence-electron chi connectivity index (χ3n) is 3.69. The van der Waals surface area contributed by atoms with Crippen LogP contribution in [0.4, 0.5) is 15.8 Å². The van der Waals surface area contributed by atoms with Crippen molar-refractivity contribution in [1.29, 1.82) is 0 Å². The molecule has 0 heterocycles. The molecular weight excluding hydrogens is 465 g/mol. The predicted octanol–water partition coefficient (Wildman–Crippen LogP) is 1.51. The van der Waals surface area contributed by atoms with Crippen LogP contribution in [0.15, 0.2) is 53.4 Å². The Kier molecular flexibility index (Phi) is 8.74. The number of rotatable bonds is 8. The van der Waals surface area contributed by atoms with Crippen molar-refractivity contribution in [3.63, 3.8) is 0 Å². The van der Waals surface area contributed by atoms with Gasteiger partial charge in [0.1, 0.15) is 11.6 Å². The number of sulfonamides is 1. The molecular formula is C18H20FN5O4S3. The van der Waals surface area contributed by atoms with Gasteiger partial charge in [0.15, 0.2) is 5.11 Å². The Morgan fingerprint density at radius 1 is 1.10 bits per heavy atom. The first-order valence-electron chi connectivity index (χ1n) is 8.73. The first-order valence-corrected chi connectivity index (χ1v) is 11.2. The van der Waals surface area contributed by atoms with E-state index in [4.69, 9.17) is 17.4 Å². The molecule has 0 spiro atoms. The first-order chi connectivity index (χ1) is 14.5. The van der Waals surface area contributed by atoms with Gasteiger partial charge in [0.05, 0.1) is 16.7 Å². The highest BCUT2D eigenvalue weighted by molar-refractivity contribution is 7.89. The van der Waals surface area contributed by atoms with E-state index in [1.165, 1.54) is 42.5 Å². The summed E-state index contributed by atoms with van der Waals surface area (Å²) in [7, 11) is -3.79. The van der Waals surface area contributed by atoms with Gasteiger partial charge in [-0.3, -0.25) is 20.4 Å². The highest BCUT2D eigenvalue weighted by atomic mass is 32.2. The number of amides is 1. The number of carbonyl (C=O) groups excluding carboxylic acids is 2. The molecule has 6 N–H and O–H groups in total. The number of anilines is 2. The minimum atomic E-state index is -3.79. The second-order valence-electron chi connectivity index (χ2n) is 6.29. The molecule has 0 aliphatic heterocycles. The summed E-state index contributed by atoms with van der Waals surface area (Å²) in [5.41, 5.74) is 5.61. The van der Waals surface area contributed by atoms with E-state index < -0.39 is 39.3 Å². The maximum atomic E-state index is 13.1. The lowest BCUT2D eigenvalue weighted by atomic mass is 10.2. The van der Waals surface area contributed by atoms with Crippen molar-refractivity contribution < 1.29 is 22.4 Å².